The molecule has 3 nitrogen and oxygen atoms in total. The van der Waals surface area contributed by atoms with Crippen LogP contribution in [0.2, 0.25) is 0 Å². The zero-order valence-corrected chi connectivity index (χ0v) is 13.0. The van der Waals surface area contributed by atoms with Crippen LogP contribution in [0.25, 0.3) is 0 Å². The Morgan fingerprint density at radius 3 is 2.68 bits per heavy atom. The zero-order chi connectivity index (χ0) is 13.1. The molecule has 106 valence electrons. The lowest BCUT2D eigenvalue weighted by molar-refractivity contribution is 0.0787. The third-order valence-corrected chi connectivity index (χ3v) is 4.07. The third-order valence-electron chi connectivity index (χ3n) is 2.99. The van der Waals surface area contributed by atoms with E-state index in [9.17, 15) is 4.79 Å². The van der Waals surface area contributed by atoms with Gasteiger partial charge in [0, 0.05) is 29.3 Å². The van der Waals surface area contributed by atoms with E-state index >= 15 is 0 Å². The topological polar surface area (TPSA) is 46.3 Å². The Bertz CT molecular complexity index is 439. The lowest BCUT2D eigenvalue weighted by Crippen LogP contribution is -2.32. The maximum absolute atomic E-state index is 12.5. The molecule has 0 radical (unpaired) electrons. The van der Waals surface area contributed by atoms with Crippen molar-refractivity contribution in [2.45, 2.75) is 36.5 Å². The first kappa shape index (κ1) is 16.3. The number of benzene rings is 1. The van der Waals surface area contributed by atoms with Gasteiger partial charge in [-0.15, -0.1) is 24.2 Å². The van der Waals surface area contributed by atoms with Crippen LogP contribution in [0.5, 0.6) is 0 Å². The van der Waals surface area contributed by atoms with Crippen molar-refractivity contribution in [3.05, 3.63) is 29.8 Å². The van der Waals surface area contributed by atoms with Gasteiger partial charge in [-0.05, 0) is 18.6 Å². The number of hydrogen-bond acceptors (Lipinski definition) is 3. The van der Waals surface area contributed by atoms with Gasteiger partial charge in [0.05, 0.1) is 5.56 Å². The van der Waals surface area contributed by atoms with Gasteiger partial charge < -0.3 is 10.6 Å². The molecule has 1 aliphatic rings. The Morgan fingerprint density at radius 1 is 1.42 bits per heavy atom. The van der Waals surface area contributed by atoms with E-state index in [1.54, 1.807) is 11.8 Å². The van der Waals surface area contributed by atoms with Gasteiger partial charge in [-0.2, -0.15) is 0 Å². The number of rotatable bonds is 3. The first-order chi connectivity index (χ1) is 8.58. The van der Waals surface area contributed by atoms with Crippen molar-refractivity contribution in [2.24, 2.45) is 5.73 Å². The highest BCUT2D eigenvalue weighted by Gasteiger charge is 2.25. The Hall–Kier alpha value is -0.710. The molecule has 0 unspecified atom stereocenters. The highest BCUT2D eigenvalue weighted by Crippen LogP contribution is 2.28. The summed E-state index contributed by atoms with van der Waals surface area (Å²) in [4.78, 5) is 15.4. The second-order valence-corrected chi connectivity index (χ2v) is 6.58. The molecule has 1 amide bonds. The van der Waals surface area contributed by atoms with Gasteiger partial charge >= 0.3 is 0 Å². The zero-order valence-electron chi connectivity index (χ0n) is 11.3. The van der Waals surface area contributed by atoms with Crippen molar-refractivity contribution in [3.8, 4) is 0 Å². The summed E-state index contributed by atoms with van der Waals surface area (Å²) in [6.07, 6.45) is 0.908. The molecule has 0 aliphatic carbocycles. The second-order valence-electron chi connectivity index (χ2n) is 4.96. The quantitative estimate of drug-likeness (QED) is 0.873. The molecule has 1 aliphatic heterocycles. The van der Waals surface area contributed by atoms with E-state index in [2.05, 4.69) is 13.8 Å². The minimum absolute atomic E-state index is 0. The molecular formula is C14H21ClN2OS. The SMILES string of the molecule is CC(C)Sc1ccccc1C(=O)N1CC[C@@H](N)C1.Cl. The van der Waals surface area contributed by atoms with Gasteiger partial charge in [-0.25, -0.2) is 0 Å². The molecule has 1 aromatic rings. The summed E-state index contributed by atoms with van der Waals surface area (Å²) in [6.45, 7) is 5.73. The van der Waals surface area contributed by atoms with Crippen LogP contribution in [0.3, 0.4) is 0 Å². The standard InChI is InChI=1S/C14H20N2OS.ClH/c1-10(2)18-13-6-4-3-5-12(13)14(17)16-8-7-11(15)9-16;/h3-6,10-11H,7-9,15H2,1-2H3;1H/t11-;/m1./s1. The maximum Gasteiger partial charge on any atom is 0.255 e. The normalized spacial score (nSPS) is 18.5. The molecule has 0 spiro atoms. The number of thioether (sulfide) groups is 1. The van der Waals surface area contributed by atoms with Crippen molar-refractivity contribution in [1.82, 2.24) is 4.90 Å². The summed E-state index contributed by atoms with van der Waals surface area (Å²) in [5, 5.41) is 0.472. The maximum atomic E-state index is 12.5. The van der Waals surface area contributed by atoms with E-state index < -0.39 is 0 Å². The molecule has 1 saturated heterocycles. The second kappa shape index (κ2) is 7.17. The van der Waals surface area contributed by atoms with Crippen molar-refractivity contribution >= 4 is 30.1 Å². The van der Waals surface area contributed by atoms with E-state index in [1.165, 1.54) is 0 Å². The average molecular weight is 301 g/mol. The molecule has 0 aromatic heterocycles. The van der Waals surface area contributed by atoms with Crippen LogP contribution >= 0.6 is 24.2 Å². The largest absolute Gasteiger partial charge is 0.337 e. The van der Waals surface area contributed by atoms with Crippen molar-refractivity contribution in [3.63, 3.8) is 0 Å². The van der Waals surface area contributed by atoms with Crippen LogP contribution in [-0.2, 0) is 0 Å². The predicted octanol–water partition coefficient (Wildman–Crippen LogP) is 2.78. The Labute approximate surface area is 125 Å². The fourth-order valence-corrected chi connectivity index (χ4v) is 3.09. The summed E-state index contributed by atoms with van der Waals surface area (Å²) >= 11 is 1.73. The van der Waals surface area contributed by atoms with Crippen LogP contribution in [-0.4, -0.2) is 35.2 Å². The van der Waals surface area contributed by atoms with Crippen LogP contribution < -0.4 is 5.73 Å². The molecule has 2 rings (SSSR count). The van der Waals surface area contributed by atoms with Gasteiger partial charge in [-0.3, -0.25) is 4.79 Å². The van der Waals surface area contributed by atoms with Crippen LogP contribution in [0.4, 0.5) is 0 Å². The minimum Gasteiger partial charge on any atom is -0.337 e. The number of nitrogens with zero attached hydrogens (tertiary/aromatic N) is 1. The van der Waals surface area contributed by atoms with Crippen molar-refractivity contribution in [2.75, 3.05) is 13.1 Å². The molecule has 2 N–H and O–H groups in total. The fraction of sp³-hybridized carbons (Fsp3) is 0.500. The van der Waals surface area contributed by atoms with Gasteiger partial charge in [-0.1, -0.05) is 26.0 Å². The van der Waals surface area contributed by atoms with E-state index in [-0.39, 0.29) is 24.4 Å². The molecular weight excluding hydrogens is 280 g/mol. The summed E-state index contributed by atoms with van der Waals surface area (Å²) < 4.78 is 0. The fourth-order valence-electron chi connectivity index (χ4n) is 2.14. The van der Waals surface area contributed by atoms with Crippen LogP contribution in [0, 0.1) is 0 Å². The first-order valence-electron chi connectivity index (χ1n) is 6.38. The lowest BCUT2D eigenvalue weighted by atomic mass is 10.2. The van der Waals surface area contributed by atoms with Crippen molar-refractivity contribution < 1.29 is 4.79 Å². The van der Waals surface area contributed by atoms with Gasteiger partial charge in [0.2, 0.25) is 0 Å². The molecule has 19 heavy (non-hydrogen) atoms. The molecule has 5 heteroatoms. The highest BCUT2D eigenvalue weighted by molar-refractivity contribution is 8.00. The van der Waals surface area contributed by atoms with Crippen molar-refractivity contribution in [1.29, 1.82) is 0 Å². The Kier molecular flexibility index (Phi) is 6.17. The average Bonchev–Trinajstić information content (AvgIpc) is 2.75. The van der Waals surface area contributed by atoms with Gasteiger partial charge in [0.1, 0.15) is 0 Å². The third kappa shape index (κ3) is 4.13. The number of likely N-dealkylation sites (tertiary alicyclic amines) is 1. The number of amides is 1. The summed E-state index contributed by atoms with van der Waals surface area (Å²) in [6, 6.07) is 7.98. The van der Waals surface area contributed by atoms with Crippen LogP contribution in [0.15, 0.2) is 29.2 Å². The molecule has 1 atom stereocenters. The highest BCUT2D eigenvalue weighted by atomic mass is 35.5. The Balaban J connectivity index is 0.00000180. The number of hydrogen-bond donors (Lipinski definition) is 1. The molecule has 1 aromatic carbocycles. The monoisotopic (exact) mass is 300 g/mol. The smallest absolute Gasteiger partial charge is 0.255 e. The van der Waals surface area contributed by atoms with E-state index in [4.69, 9.17) is 5.73 Å². The molecule has 1 fully saturated rings. The van der Waals surface area contributed by atoms with Gasteiger partial charge in [0.15, 0.2) is 0 Å². The summed E-state index contributed by atoms with van der Waals surface area (Å²) in [7, 11) is 0. The number of carbonyl (C=O) groups is 1. The van der Waals surface area contributed by atoms with Gasteiger partial charge in [0.25, 0.3) is 5.91 Å². The van der Waals surface area contributed by atoms with E-state index in [0.29, 0.717) is 11.8 Å². The Morgan fingerprint density at radius 2 is 2.11 bits per heavy atom. The summed E-state index contributed by atoms with van der Waals surface area (Å²) in [5.41, 5.74) is 6.67. The van der Waals surface area contributed by atoms with E-state index in [1.807, 2.05) is 29.2 Å². The lowest BCUT2D eigenvalue weighted by Gasteiger charge is -2.18. The predicted molar refractivity (Wildman–Crippen MR) is 83.2 cm³/mol. The number of carbonyl (C=O) groups excluding carboxylic acids is 1. The van der Waals surface area contributed by atoms with E-state index in [0.717, 1.165) is 23.4 Å². The summed E-state index contributed by atoms with van der Waals surface area (Å²) in [5.74, 6) is 0.117. The molecule has 1 heterocycles. The molecule has 0 bridgehead atoms. The van der Waals surface area contributed by atoms with Crippen LogP contribution in [0.1, 0.15) is 30.6 Å². The molecule has 0 saturated carbocycles. The minimum atomic E-state index is 0. The first-order valence-corrected chi connectivity index (χ1v) is 7.26. The number of halogens is 1. The number of nitrogens with two attached hydrogens (primary N) is 1.